The van der Waals surface area contributed by atoms with Crippen molar-refractivity contribution in [3.63, 3.8) is 0 Å². The molecule has 4 heteroatoms. The summed E-state index contributed by atoms with van der Waals surface area (Å²) in [5.74, 6) is -0.476. The highest BCUT2D eigenvalue weighted by molar-refractivity contribution is 5.72. The van der Waals surface area contributed by atoms with E-state index in [1.807, 2.05) is 0 Å². The van der Waals surface area contributed by atoms with Gasteiger partial charge in [0.1, 0.15) is 0 Å². The standard InChI is InChI=1S/C33H66O4/c1-3-5-7-9-11-12-13-14-15-16-17-18-19-20-21-22-23-25-27-31(29-32(35)30-34)33(36)37-28-26-24-10-8-6-4-2/h31-32,34-35H,3-30H2,1-2H3. The SMILES string of the molecule is CCCCCCCCCCCCCCCCCCCCC(CC(O)CO)C(=O)OCCCCCCCC. The maximum atomic E-state index is 12.5. The number of unbranched alkanes of at least 4 members (excludes halogenated alkanes) is 22. The second kappa shape index (κ2) is 29.9. The van der Waals surface area contributed by atoms with Crippen molar-refractivity contribution in [1.29, 1.82) is 0 Å². The van der Waals surface area contributed by atoms with Gasteiger partial charge in [0.25, 0.3) is 0 Å². The number of rotatable bonds is 30. The van der Waals surface area contributed by atoms with Crippen molar-refractivity contribution >= 4 is 5.97 Å². The zero-order chi connectivity index (χ0) is 27.2. The molecule has 4 nitrogen and oxygen atoms in total. The fraction of sp³-hybridized carbons (Fsp3) is 0.970. The molecule has 0 fully saturated rings. The molecule has 0 radical (unpaired) electrons. The first-order chi connectivity index (χ1) is 18.2. The molecule has 0 bridgehead atoms. The van der Waals surface area contributed by atoms with E-state index in [9.17, 15) is 15.0 Å². The molecule has 37 heavy (non-hydrogen) atoms. The summed E-state index contributed by atoms with van der Waals surface area (Å²) >= 11 is 0. The molecule has 0 spiro atoms. The first-order valence-electron chi connectivity index (χ1n) is 16.6. The van der Waals surface area contributed by atoms with Gasteiger partial charge in [0.05, 0.1) is 25.2 Å². The Morgan fingerprint density at radius 2 is 0.919 bits per heavy atom. The summed E-state index contributed by atoms with van der Waals surface area (Å²) < 4.78 is 5.51. The number of aliphatic hydroxyl groups excluding tert-OH is 2. The second-order valence-electron chi connectivity index (χ2n) is 11.5. The lowest BCUT2D eigenvalue weighted by Crippen LogP contribution is -2.25. The maximum absolute atomic E-state index is 12.5. The normalized spacial score (nSPS) is 13.1. The van der Waals surface area contributed by atoms with Gasteiger partial charge in [-0.2, -0.15) is 0 Å². The predicted molar refractivity (Wildman–Crippen MR) is 159 cm³/mol. The lowest BCUT2D eigenvalue weighted by atomic mass is 9.94. The Morgan fingerprint density at radius 1 is 0.568 bits per heavy atom. The van der Waals surface area contributed by atoms with Crippen LogP contribution in [0.25, 0.3) is 0 Å². The highest BCUT2D eigenvalue weighted by Crippen LogP contribution is 2.20. The minimum atomic E-state index is -0.831. The molecule has 0 heterocycles. The Labute approximate surface area is 231 Å². The third-order valence-electron chi connectivity index (χ3n) is 7.75. The molecule has 2 N–H and O–H groups in total. The molecule has 0 aliphatic carbocycles. The lowest BCUT2D eigenvalue weighted by molar-refractivity contribution is -0.150. The first-order valence-corrected chi connectivity index (χ1v) is 16.6. The smallest absolute Gasteiger partial charge is 0.309 e. The number of carbonyl (C=O) groups excluding carboxylic acids is 1. The Bertz CT molecular complexity index is 454. The molecule has 0 aromatic rings. The highest BCUT2D eigenvalue weighted by Gasteiger charge is 2.22. The van der Waals surface area contributed by atoms with Gasteiger partial charge in [0.2, 0.25) is 0 Å². The van der Waals surface area contributed by atoms with E-state index >= 15 is 0 Å². The van der Waals surface area contributed by atoms with Gasteiger partial charge in [-0.3, -0.25) is 4.79 Å². The lowest BCUT2D eigenvalue weighted by Gasteiger charge is -2.18. The maximum Gasteiger partial charge on any atom is 0.309 e. The van der Waals surface area contributed by atoms with Crippen molar-refractivity contribution in [2.45, 2.75) is 187 Å². The zero-order valence-electron chi connectivity index (χ0n) is 25.2. The topological polar surface area (TPSA) is 66.8 Å². The monoisotopic (exact) mass is 526 g/mol. The van der Waals surface area contributed by atoms with E-state index < -0.39 is 6.10 Å². The second-order valence-corrected chi connectivity index (χ2v) is 11.5. The van der Waals surface area contributed by atoms with Gasteiger partial charge < -0.3 is 14.9 Å². The summed E-state index contributed by atoms with van der Waals surface area (Å²) in [7, 11) is 0. The van der Waals surface area contributed by atoms with E-state index in [1.165, 1.54) is 128 Å². The van der Waals surface area contributed by atoms with Crippen molar-refractivity contribution in [2.24, 2.45) is 5.92 Å². The Morgan fingerprint density at radius 3 is 1.30 bits per heavy atom. The quantitative estimate of drug-likeness (QED) is 0.0722. The summed E-state index contributed by atoms with van der Waals surface area (Å²) in [4.78, 5) is 12.5. The number of aliphatic hydroxyl groups is 2. The summed E-state index contributed by atoms with van der Waals surface area (Å²) in [6.07, 6.45) is 31.5. The molecule has 0 rings (SSSR count). The molecule has 222 valence electrons. The largest absolute Gasteiger partial charge is 0.465 e. The predicted octanol–water partition coefficient (Wildman–Crippen LogP) is 9.68. The van der Waals surface area contributed by atoms with Crippen LogP contribution in [0.15, 0.2) is 0 Å². The molecular formula is C33H66O4. The van der Waals surface area contributed by atoms with Crippen molar-refractivity contribution in [2.75, 3.05) is 13.2 Å². The van der Waals surface area contributed by atoms with E-state index in [1.54, 1.807) is 0 Å². The molecule has 2 unspecified atom stereocenters. The van der Waals surface area contributed by atoms with Gasteiger partial charge in [-0.1, -0.05) is 162 Å². The van der Waals surface area contributed by atoms with Crippen LogP contribution < -0.4 is 0 Å². The summed E-state index contributed by atoms with van der Waals surface area (Å²) in [5, 5.41) is 19.1. The fourth-order valence-electron chi connectivity index (χ4n) is 5.20. The van der Waals surface area contributed by atoms with Gasteiger partial charge in [0, 0.05) is 0 Å². The average Bonchev–Trinajstić information content (AvgIpc) is 2.90. The molecular weight excluding hydrogens is 460 g/mol. The molecule has 0 saturated heterocycles. The van der Waals surface area contributed by atoms with Crippen molar-refractivity contribution in [1.82, 2.24) is 0 Å². The van der Waals surface area contributed by atoms with Gasteiger partial charge in [0.15, 0.2) is 0 Å². The van der Waals surface area contributed by atoms with E-state index in [0.717, 1.165) is 32.1 Å². The third kappa shape index (κ3) is 26.8. The van der Waals surface area contributed by atoms with Gasteiger partial charge in [-0.25, -0.2) is 0 Å². The summed E-state index contributed by atoms with van der Waals surface area (Å²) in [6, 6.07) is 0. The van der Waals surface area contributed by atoms with Crippen molar-refractivity contribution in [3.8, 4) is 0 Å². The van der Waals surface area contributed by atoms with Crippen LogP contribution in [0, 0.1) is 5.92 Å². The van der Waals surface area contributed by atoms with E-state index in [0.29, 0.717) is 13.0 Å². The van der Waals surface area contributed by atoms with Gasteiger partial charge in [-0.15, -0.1) is 0 Å². The molecule has 0 saturated carbocycles. The molecule has 0 amide bonds. The molecule has 0 aromatic heterocycles. The van der Waals surface area contributed by atoms with E-state index in [2.05, 4.69) is 13.8 Å². The van der Waals surface area contributed by atoms with Crippen LogP contribution in [-0.4, -0.2) is 35.5 Å². The third-order valence-corrected chi connectivity index (χ3v) is 7.75. The number of ether oxygens (including phenoxy) is 1. The van der Waals surface area contributed by atoms with Crippen LogP contribution in [0.4, 0.5) is 0 Å². The minimum absolute atomic E-state index is 0.187. The van der Waals surface area contributed by atoms with E-state index in [-0.39, 0.29) is 18.5 Å². The first kappa shape index (κ1) is 36.4. The van der Waals surface area contributed by atoms with Crippen molar-refractivity contribution in [3.05, 3.63) is 0 Å². The van der Waals surface area contributed by atoms with Crippen LogP contribution in [0.1, 0.15) is 181 Å². The average molecular weight is 527 g/mol. The van der Waals surface area contributed by atoms with E-state index in [4.69, 9.17) is 4.74 Å². The Kier molecular flexibility index (Phi) is 29.4. The minimum Gasteiger partial charge on any atom is -0.465 e. The van der Waals surface area contributed by atoms with Crippen LogP contribution >= 0.6 is 0 Å². The van der Waals surface area contributed by atoms with Crippen LogP contribution in [0.5, 0.6) is 0 Å². The number of carbonyl (C=O) groups is 1. The van der Waals surface area contributed by atoms with Crippen LogP contribution in [-0.2, 0) is 9.53 Å². The molecule has 0 aliphatic heterocycles. The molecule has 0 aliphatic rings. The molecule has 2 atom stereocenters. The summed E-state index contributed by atoms with van der Waals surface area (Å²) in [6.45, 7) is 4.68. The highest BCUT2D eigenvalue weighted by atomic mass is 16.5. The van der Waals surface area contributed by atoms with Gasteiger partial charge >= 0.3 is 5.97 Å². The van der Waals surface area contributed by atoms with Crippen LogP contribution in [0.2, 0.25) is 0 Å². The fourth-order valence-corrected chi connectivity index (χ4v) is 5.20. The summed E-state index contributed by atoms with van der Waals surface area (Å²) in [5.41, 5.74) is 0. The Hall–Kier alpha value is -0.610. The number of esters is 1. The zero-order valence-corrected chi connectivity index (χ0v) is 25.2. The Balaban J connectivity index is 3.66. The molecule has 0 aromatic carbocycles. The number of hydrogen-bond donors (Lipinski definition) is 2. The van der Waals surface area contributed by atoms with Crippen molar-refractivity contribution < 1.29 is 19.7 Å². The number of hydrogen-bond acceptors (Lipinski definition) is 4. The van der Waals surface area contributed by atoms with Crippen LogP contribution in [0.3, 0.4) is 0 Å². The van der Waals surface area contributed by atoms with Gasteiger partial charge in [-0.05, 0) is 19.3 Å².